The van der Waals surface area contributed by atoms with Crippen molar-refractivity contribution >= 4 is 11.9 Å². The fourth-order valence-electron chi connectivity index (χ4n) is 2.36. The maximum absolute atomic E-state index is 12.2. The predicted molar refractivity (Wildman–Crippen MR) is 64.4 cm³/mol. The second-order valence-corrected chi connectivity index (χ2v) is 4.62. The fraction of sp³-hybridized carbons (Fsp3) is 0.833. The van der Waals surface area contributed by atoms with Gasteiger partial charge in [0.1, 0.15) is 0 Å². The Kier molecular flexibility index (Phi) is 5.41. The quantitative estimate of drug-likeness (QED) is 0.748. The maximum Gasteiger partial charge on any atom is 0.305 e. The molecule has 0 aromatic rings. The number of hydrogen-bond acceptors (Lipinski definition) is 3. The molecule has 1 aliphatic rings. The molecule has 0 spiro atoms. The van der Waals surface area contributed by atoms with E-state index in [9.17, 15) is 9.59 Å². The average Bonchev–Trinajstić information content (AvgIpc) is 2.29. The fourth-order valence-corrected chi connectivity index (χ4v) is 2.36. The first-order chi connectivity index (χ1) is 8.06. The van der Waals surface area contributed by atoms with Gasteiger partial charge in [0.2, 0.25) is 5.91 Å². The monoisotopic (exact) mass is 242 g/mol. The van der Waals surface area contributed by atoms with Crippen molar-refractivity contribution in [3.8, 4) is 0 Å². The van der Waals surface area contributed by atoms with Gasteiger partial charge in [-0.2, -0.15) is 0 Å². The molecular formula is C12H22N2O3. The van der Waals surface area contributed by atoms with Crippen LogP contribution in [0.3, 0.4) is 0 Å². The molecule has 0 radical (unpaired) electrons. The summed E-state index contributed by atoms with van der Waals surface area (Å²) >= 11 is 0. The van der Waals surface area contributed by atoms with Crippen LogP contribution in [0.2, 0.25) is 0 Å². The molecule has 0 aromatic heterocycles. The summed E-state index contributed by atoms with van der Waals surface area (Å²) in [7, 11) is 0. The SMILES string of the molecule is CCN(CCC(=O)O)C(=O)C1CCCCC1N. The summed E-state index contributed by atoms with van der Waals surface area (Å²) in [6, 6.07) is -0.0601. The van der Waals surface area contributed by atoms with Crippen molar-refractivity contribution in [2.45, 2.75) is 45.1 Å². The molecule has 0 saturated heterocycles. The molecule has 0 aromatic carbocycles. The second kappa shape index (κ2) is 6.59. The third-order valence-corrected chi connectivity index (χ3v) is 3.43. The Labute approximate surface area is 102 Å². The minimum absolute atomic E-state index is 0.00153. The Morgan fingerprint density at radius 2 is 2.00 bits per heavy atom. The lowest BCUT2D eigenvalue weighted by atomic mass is 9.84. The van der Waals surface area contributed by atoms with Crippen molar-refractivity contribution < 1.29 is 14.7 Å². The van der Waals surface area contributed by atoms with E-state index in [1.807, 2.05) is 6.92 Å². The third-order valence-electron chi connectivity index (χ3n) is 3.43. The summed E-state index contributed by atoms with van der Waals surface area (Å²) in [5.41, 5.74) is 5.96. The summed E-state index contributed by atoms with van der Waals surface area (Å²) in [6.07, 6.45) is 3.87. The summed E-state index contributed by atoms with van der Waals surface area (Å²) in [6.45, 7) is 2.71. The number of aliphatic carboxylic acids is 1. The Morgan fingerprint density at radius 3 is 2.53 bits per heavy atom. The van der Waals surface area contributed by atoms with Crippen LogP contribution in [0.5, 0.6) is 0 Å². The van der Waals surface area contributed by atoms with Crippen LogP contribution >= 0.6 is 0 Å². The molecule has 5 heteroatoms. The van der Waals surface area contributed by atoms with Gasteiger partial charge in [0.15, 0.2) is 0 Å². The van der Waals surface area contributed by atoms with Crippen molar-refractivity contribution in [2.24, 2.45) is 11.7 Å². The molecule has 1 saturated carbocycles. The van der Waals surface area contributed by atoms with Crippen molar-refractivity contribution in [3.63, 3.8) is 0 Å². The van der Waals surface area contributed by atoms with Crippen molar-refractivity contribution in [2.75, 3.05) is 13.1 Å². The van der Waals surface area contributed by atoms with Crippen LogP contribution in [-0.4, -0.2) is 41.0 Å². The average molecular weight is 242 g/mol. The Balaban J connectivity index is 2.54. The largest absolute Gasteiger partial charge is 0.481 e. The van der Waals surface area contributed by atoms with Gasteiger partial charge >= 0.3 is 5.97 Å². The van der Waals surface area contributed by atoms with Gasteiger partial charge in [-0.25, -0.2) is 0 Å². The van der Waals surface area contributed by atoms with Gasteiger partial charge in [-0.1, -0.05) is 12.8 Å². The highest BCUT2D eigenvalue weighted by Gasteiger charge is 2.31. The van der Waals surface area contributed by atoms with E-state index in [4.69, 9.17) is 10.8 Å². The molecule has 1 fully saturated rings. The normalized spacial score (nSPS) is 24.4. The van der Waals surface area contributed by atoms with E-state index in [0.29, 0.717) is 6.54 Å². The van der Waals surface area contributed by atoms with Crippen LogP contribution in [-0.2, 0) is 9.59 Å². The van der Waals surface area contributed by atoms with E-state index < -0.39 is 5.97 Å². The zero-order valence-corrected chi connectivity index (χ0v) is 10.4. The van der Waals surface area contributed by atoms with Crippen LogP contribution in [0.15, 0.2) is 0 Å². The second-order valence-electron chi connectivity index (χ2n) is 4.62. The molecule has 0 aliphatic heterocycles. The lowest BCUT2D eigenvalue weighted by Crippen LogP contribution is -2.46. The first-order valence-corrected chi connectivity index (χ1v) is 6.32. The van der Waals surface area contributed by atoms with Crippen LogP contribution in [0.1, 0.15) is 39.0 Å². The van der Waals surface area contributed by atoms with Crippen LogP contribution in [0.4, 0.5) is 0 Å². The lowest BCUT2D eigenvalue weighted by Gasteiger charge is -2.32. The van der Waals surface area contributed by atoms with Gasteiger partial charge in [0, 0.05) is 19.1 Å². The van der Waals surface area contributed by atoms with Crippen LogP contribution in [0, 0.1) is 5.92 Å². The molecule has 3 N–H and O–H groups in total. The third kappa shape index (κ3) is 4.00. The molecule has 1 aliphatic carbocycles. The lowest BCUT2D eigenvalue weighted by molar-refractivity contribution is -0.140. The molecular weight excluding hydrogens is 220 g/mol. The molecule has 1 amide bonds. The number of carboxylic acids is 1. The number of carboxylic acid groups (broad SMARTS) is 1. The van der Waals surface area contributed by atoms with E-state index >= 15 is 0 Å². The number of nitrogens with zero attached hydrogens (tertiary/aromatic N) is 1. The molecule has 98 valence electrons. The Morgan fingerprint density at radius 1 is 1.35 bits per heavy atom. The summed E-state index contributed by atoms with van der Waals surface area (Å²) in [5.74, 6) is -0.956. The molecule has 17 heavy (non-hydrogen) atoms. The highest BCUT2D eigenvalue weighted by molar-refractivity contribution is 5.80. The van der Waals surface area contributed by atoms with Crippen molar-refractivity contribution in [3.05, 3.63) is 0 Å². The van der Waals surface area contributed by atoms with Crippen molar-refractivity contribution in [1.29, 1.82) is 0 Å². The maximum atomic E-state index is 12.2. The number of amides is 1. The minimum atomic E-state index is -0.871. The summed E-state index contributed by atoms with van der Waals surface area (Å²) in [4.78, 5) is 24.3. The van der Waals surface area contributed by atoms with Gasteiger partial charge in [-0.3, -0.25) is 9.59 Å². The first-order valence-electron chi connectivity index (χ1n) is 6.32. The van der Waals surface area contributed by atoms with Gasteiger partial charge < -0.3 is 15.7 Å². The highest BCUT2D eigenvalue weighted by atomic mass is 16.4. The van der Waals surface area contributed by atoms with Gasteiger partial charge in [-0.05, 0) is 19.8 Å². The molecule has 2 unspecified atom stereocenters. The van der Waals surface area contributed by atoms with Gasteiger partial charge in [0.05, 0.1) is 12.3 Å². The smallest absolute Gasteiger partial charge is 0.305 e. The van der Waals surface area contributed by atoms with E-state index in [2.05, 4.69) is 0 Å². The molecule has 1 rings (SSSR count). The zero-order chi connectivity index (χ0) is 12.8. The number of rotatable bonds is 5. The first kappa shape index (κ1) is 14.0. The van der Waals surface area contributed by atoms with Gasteiger partial charge in [-0.15, -0.1) is 0 Å². The molecule has 0 bridgehead atoms. The highest BCUT2D eigenvalue weighted by Crippen LogP contribution is 2.24. The minimum Gasteiger partial charge on any atom is -0.481 e. The zero-order valence-electron chi connectivity index (χ0n) is 10.4. The van der Waals surface area contributed by atoms with Crippen LogP contribution < -0.4 is 5.73 Å². The molecule has 0 heterocycles. The number of carbonyl (C=O) groups excluding carboxylic acids is 1. The van der Waals surface area contributed by atoms with E-state index in [-0.39, 0.29) is 30.8 Å². The number of hydrogen-bond donors (Lipinski definition) is 2. The summed E-state index contributed by atoms with van der Waals surface area (Å²) < 4.78 is 0. The van der Waals surface area contributed by atoms with Crippen LogP contribution in [0.25, 0.3) is 0 Å². The summed E-state index contributed by atoms with van der Waals surface area (Å²) in [5, 5.41) is 8.64. The van der Waals surface area contributed by atoms with E-state index in [1.54, 1.807) is 4.90 Å². The standard InChI is InChI=1S/C12H22N2O3/c1-2-14(8-7-11(15)16)12(17)9-5-3-4-6-10(9)13/h9-10H,2-8,13H2,1H3,(H,15,16). The Hall–Kier alpha value is -1.10. The topological polar surface area (TPSA) is 83.6 Å². The predicted octanol–water partition coefficient (Wildman–Crippen LogP) is 0.827. The number of nitrogens with two attached hydrogens (primary N) is 1. The molecule has 2 atom stereocenters. The van der Waals surface area contributed by atoms with E-state index in [1.165, 1.54) is 0 Å². The van der Waals surface area contributed by atoms with E-state index in [0.717, 1.165) is 25.7 Å². The van der Waals surface area contributed by atoms with Crippen molar-refractivity contribution in [1.82, 2.24) is 4.90 Å². The number of carbonyl (C=O) groups is 2. The van der Waals surface area contributed by atoms with Gasteiger partial charge in [0.25, 0.3) is 0 Å². The Bertz CT molecular complexity index is 281. The molecule has 5 nitrogen and oxygen atoms in total.